The molecule has 24 heavy (non-hydrogen) atoms. The summed E-state index contributed by atoms with van der Waals surface area (Å²) in [5.74, 6) is 0.0924. The maximum Gasteiger partial charge on any atom is 0.234 e. The van der Waals surface area contributed by atoms with Crippen molar-refractivity contribution in [1.29, 1.82) is 0 Å². The van der Waals surface area contributed by atoms with Gasteiger partial charge in [-0.25, -0.2) is 0 Å². The van der Waals surface area contributed by atoms with Crippen molar-refractivity contribution in [2.45, 2.75) is 25.9 Å². The minimum absolute atomic E-state index is 0.0924. The van der Waals surface area contributed by atoms with Crippen LogP contribution in [0.2, 0.25) is 0 Å². The molecule has 1 amide bonds. The quantitative estimate of drug-likeness (QED) is 0.765. The van der Waals surface area contributed by atoms with Gasteiger partial charge < -0.3 is 10.3 Å². The van der Waals surface area contributed by atoms with Crippen LogP contribution in [0.3, 0.4) is 0 Å². The zero-order valence-corrected chi connectivity index (χ0v) is 14.5. The van der Waals surface area contributed by atoms with E-state index in [9.17, 15) is 4.79 Å². The van der Waals surface area contributed by atoms with Crippen LogP contribution in [0.15, 0.2) is 41.8 Å². The summed E-state index contributed by atoms with van der Waals surface area (Å²) in [6.45, 7) is 4.17. The molecular weight excluding hydrogens is 318 g/mol. The number of nitrogens with zero attached hydrogens (tertiary/aromatic N) is 1. The molecule has 2 N–H and O–H groups in total. The highest BCUT2D eigenvalue weighted by Gasteiger charge is 2.28. The highest BCUT2D eigenvalue weighted by molar-refractivity contribution is 7.09. The van der Waals surface area contributed by atoms with Crippen molar-refractivity contribution in [3.8, 4) is 0 Å². The van der Waals surface area contributed by atoms with E-state index in [4.69, 9.17) is 0 Å². The first kappa shape index (κ1) is 15.4. The zero-order valence-electron chi connectivity index (χ0n) is 13.7. The Morgan fingerprint density at radius 1 is 1.33 bits per heavy atom. The summed E-state index contributed by atoms with van der Waals surface area (Å²) in [7, 11) is 0. The Labute approximate surface area is 145 Å². The minimum atomic E-state index is 0.0924. The second-order valence-corrected chi connectivity index (χ2v) is 7.35. The summed E-state index contributed by atoms with van der Waals surface area (Å²) < 4.78 is 0. The lowest BCUT2D eigenvalue weighted by molar-refractivity contribution is -0.123. The van der Waals surface area contributed by atoms with Crippen molar-refractivity contribution in [3.63, 3.8) is 0 Å². The van der Waals surface area contributed by atoms with Crippen molar-refractivity contribution in [1.82, 2.24) is 15.2 Å². The molecule has 3 aromatic rings. The van der Waals surface area contributed by atoms with Crippen LogP contribution in [0.25, 0.3) is 10.9 Å². The Kier molecular flexibility index (Phi) is 4.12. The van der Waals surface area contributed by atoms with Gasteiger partial charge in [0.15, 0.2) is 0 Å². The molecule has 1 aromatic carbocycles. The number of hydrogen-bond acceptors (Lipinski definition) is 3. The molecule has 1 unspecified atom stereocenters. The molecule has 124 valence electrons. The third-order valence-corrected chi connectivity index (χ3v) is 5.72. The fraction of sp³-hybridized carbons (Fsp3) is 0.316. The summed E-state index contributed by atoms with van der Waals surface area (Å²) >= 11 is 1.67. The van der Waals surface area contributed by atoms with Gasteiger partial charge >= 0.3 is 0 Å². The lowest BCUT2D eigenvalue weighted by atomic mass is 9.98. The van der Waals surface area contributed by atoms with Crippen LogP contribution in [0.5, 0.6) is 0 Å². The first-order valence-corrected chi connectivity index (χ1v) is 9.23. The van der Waals surface area contributed by atoms with Crippen molar-refractivity contribution < 1.29 is 4.79 Å². The normalized spacial score (nSPS) is 17.8. The van der Waals surface area contributed by atoms with Gasteiger partial charge in [-0.15, -0.1) is 11.3 Å². The molecule has 0 spiro atoms. The molecule has 5 heteroatoms. The van der Waals surface area contributed by atoms with Crippen LogP contribution in [0.1, 0.15) is 29.1 Å². The van der Waals surface area contributed by atoms with E-state index in [1.165, 1.54) is 27.0 Å². The van der Waals surface area contributed by atoms with Crippen LogP contribution >= 0.6 is 11.3 Å². The van der Waals surface area contributed by atoms with E-state index in [1.807, 2.05) is 17.5 Å². The molecule has 2 aromatic heterocycles. The molecule has 1 aliphatic heterocycles. The number of fused-ring (bicyclic) bond motifs is 3. The Morgan fingerprint density at radius 2 is 2.21 bits per heavy atom. The first-order chi connectivity index (χ1) is 11.7. The molecule has 4 rings (SSSR count). The van der Waals surface area contributed by atoms with E-state index in [0.717, 1.165) is 13.0 Å². The molecule has 0 bridgehead atoms. The molecule has 0 saturated carbocycles. The van der Waals surface area contributed by atoms with Crippen LogP contribution < -0.4 is 5.32 Å². The van der Waals surface area contributed by atoms with Crippen molar-refractivity contribution in [2.24, 2.45) is 0 Å². The van der Waals surface area contributed by atoms with Gasteiger partial charge in [-0.1, -0.05) is 24.3 Å². The Balaban J connectivity index is 1.45. The number of rotatable bonds is 4. The number of thiophene rings is 1. The van der Waals surface area contributed by atoms with Gasteiger partial charge in [-0.05, 0) is 36.4 Å². The topological polar surface area (TPSA) is 48.1 Å². The summed E-state index contributed by atoms with van der Waals surface area (Å²) in [6, 6.07) is 12.7. The van der Waals surface area contributed by atoms with Gasteiger partial charge in [0.25, 0.3) is 0 Å². The highest BCUT2D eigenvalue weighted by Crippen LogP contribution is 2.33. The number of nitrogens with one attached hydrogen (secondary N) is 2. The summed E-state index contributed by atoms with van der Waals surface area (Å²) in [4.78, 5) is 19.3. The molecule has 0 radical (unpaired) electrons. The van der Waals surface area contributed by atoms with E-state index in [-0.39, 0.29) is 11.9 Å². The van der Waals surface area contributed by atoms with Gasteiger partial charge in [0.2, 0.25) is 5.91 Å². The van der Waals surface area contributed by atoms with Crippen LogP contribution in [0, 0.1) is 0 Å². The lowest BCUT2D eigenvalue weighted by Gasteiger charge is -2.32. The largest absolute Gasteiger partial charge is 0.357 e. The molecule has 1 atom stereocenters. The lowest BCUT2D eigenvalue weighted by Crippen LogP contribution is -2.41. The number of aromatic nitrogens is 1. The smallest absolute Gasteiger partial charge is 0.234 e. The van der Waals surface area contributed by atoms with Crippen LogP contribution in [0.4, 0.5) is 0 Å². The molecule has 0 fully saturated rings. The van der Waals surface area contributed by atoms with E-state index in [0.29, 0.717) is 13.1 Å². The Hall–Kier alpha value is -2.11. The predicted molar refractivity (Wildman–Crippen MR) is 98.2 cm³/mol. The van der Waals surface area contributed by atoms with Gasteiger partial charge in [-0.3, -0.25) is 9.69 Å². The molecule has 4 nitrogen and oxygen atoms in total. The predicted octanol–water partition coefficient (Wildman–Crippen LogP) is 3.46. The van der Waals surface area contributed by atoms with Gasteiger partial charge in [0, 0.05) is 34.1 Å². The van der Waals surface area contributed by atoms with Gasteiger partial charge in [0.1, 0.15) is 0 Å². The monoisotopic (exact) mass is 339 g/mol. The average Bonchev–Trinajstić information content (AvgIpc) is 3.23. The van der Waals surface area contributed by atoms with Crippen LogP contribution in [-0.2, 0) is 17.8 Å². The maximum atomic E-state index is 12.3. The van der Waals surface area contributed by atoms with E-state index < -0.39 is 0 Å². The van der Waals surface area contributed by atoms with Crippen molar-refractivity contribution in [3.05, 3.63) is 57.9 Å². The van der Waals surface area contributed by atoms with Gasteiger partial charge in [0.05, 0.1) is 13.1 Å². The number of benzene rings is 1. The number of hydrogen-bond donors (Lipinski definition) is 2. The second kappa shape index (κ2) is 6.42. The fourth-order valence-corrected chi connectivity index (χ4v) is 4.18. The van der Waals surface area contributed by atoms with Gasteiger partial charge in [-0.2, -0.15) is 0 Å². The number of carbonyl (C=O) groups is 1. The summed E-state index contributed by atoms with van der Waals surface area (Å²) in [5, 5.41) is 6.38. The molecular formula is C19H21N3OS. The Morgan fingerprint density at radius 3 is 3.04 bits per heavy atom. The fourth-order valence-electron chi connectivity index (χ4n) is 3.53. The number of amides is 1. The second-order valence-electron chi connectivity index (χ2n) is 6.32. The van der Waals surface area contributed by atoms with E-state index >= 15 is 0 Å². The highest BCUT2D eigenvalue weighted by atomic mass is 32.1. The molecule has 1 aliphatic rings. The number of carbonyl (C=O) groups excluding carboxylic acids is 1. The third-order valence-electron chi connectivity index (χ3n) is 4.85. The average molecular weight is 339 g/mol. The summed E-state index contributed by atoms with van der Waals surface area (Å²) in [6.07, 6.45) is 0.988. The van der Waals surface area contributed by atoms with Crippen molar-refractivity contribution in [2.75, 3.05) is 13.1 Å². The molecule has 0 saturated heterocycles. The first-order valence-electron chi connectivity index (χ1n) is 8.35. The third kappa shape index (κ3) is 2.85. The summed E-state index contributed by atoms with van der Waals surface area (Å²) in [5.41, 5.74) is 3.86. The number of aromatic amines is 1. The molecule has 0 aliphatic carbocycles. The van der Waals surface area contributed by atoms with E-state index in [2.05, 4.69) is 46.4 Å². The standard InChI is InChI=1S/C19H21N3OS/c1-13-19-16(15-6-2-3-7-17(15)21-19)8-9-22(13)12-18(23)20-11-14-5-4-10-24-14/h2-7,10,13,21H,8-9,11-12H2,1H3,(H,20,23). The maximum absolute atomic E-state index is 12.3. The SMILES string of the molecule is CC1c2[nH]c3ccccc3c2CCN1CC(=O)NCc1cccs1. The number of para-hydroxylation sites is 1. The zero-order chi connectivity index (χ0) is 16.5. The van der Waals surface area contributed by atoms with Crippen LogP contribution in [-0.4, -0.2) is 28.9 Å². The number of H-pyrrole nitrogens is 1. The minimum Gasteiger partial charge on any atom is -0.357 e. The van der Waals surface area contributed by atoms with Crippen molar-refractivity contribution >= 4 is 28.1 Å². The van der Waals surface area contributed by atoms with E-state index in [1.54, 1.807) is 11.3 Å². The Bertz CT molecular complexity index is 853. The molecule has 3 heterocycles.